The molecule has 1 atom stereocenters. The monoisotopic (exact) mass is 270 g/mol. The molecule has 1 heterocycles. The van der Waals surface area contributed by atoms with Crippen molar-refractivity contribution in [2.75, 3.05) is 0 Å². The fraction of sp³-hybridized carbons (Fsp3) is 0.364. The van der Waals surface area contributed by atoms with Gasteiger partial charge < -0.3 is 10.8 Å². The molecule has 0 bridgehead atoms. The summed E-state index contributed by atoms with van der Waals surface area (Å²) >= 11 is 0. The molecule has 0 radical (unpaired) electrons. The molecule has 0 aliphatic carbocycles. The summed E-state index contributed by atoms with van der Waals surface area (Å²) < 4.78 is 0. The lowest BCUT2D eigenvalue weighted by molar-refractivity contribution is -0.142. The average Bonchev–Trinajstić information content (AvgIpc) is 2.64. The van der Waals surface area contributed by atoms with E-state index in [4.69, 9.17) is 10.8 Å². The Morgan fingerprint density at radius 2 is 2.22 bits per heavy atom. The second-order valence-electron chi connectivity index (χ2n) is 4.52. The summed E-state index contributed by atoms with van der Waals surface area (Å²) in [7, 11) is 0. The molecule has 0 aliphatic rings. The third kappa shape index (κ3) is 2.60. The van der Waals surface area contributed by atoms with Gasteiger partial charge in [0.15, 0.2) is 0 Å². The molecule has 0 aliphatic heterocycles. The number of carboxylic acids is 1. The Balaban J connectivity index is 0.00000162. The van der Waals surface area contributed by atoms with Crippen LogP contribution in [0.2, 0.25) is 0 Å². The fourth-order valence-corrected chi connectivity index (χ4v) is 1.80. The molecule has 0 saturated carbocycles. The first-order valence-corrected chi connectivity index (χ1v) is 5.23. The largest absolute Gasteiger partial charge is 0.480 e. The van der Waals surface area contributed by atoms with Crippen molar-refractivity contribution in [1.29, 1.82) is 0 Å². The predicted octanol–water partition coefficient (Wildman–Crippen LogP) is 1.03. The van der Waals surface area contributed by atoms with Crippen molar-refractivity contribution in [3.63, 3.8) is 0 Å². The Kier molecular flexibility index (Phi) is 3.93. The van der Waals surface area contributed by atoms with Gasteiger partial charge in [0, 0.05) is 6.42 Å². The average molecular weight is 271 g/mol. The normalized spacial score (nSPS) is 13.9. The van der Waals surface area contributed by atoms with Crippen molar-refractivity contribution in [2.24, 2.45) is 5.73 Å². The maximum Gasteiger partial charge on any atom is 0.323 e. The number of halogens is 1. The summed E-state index contributed by atoms with van der Waals surface area (Å²) in [5, 5.41) is 19.4. The van der Waals surface area contributed by atoms with E-state index in [-0.39, 0.29) is 18.8 Å². The zero-order valence-electron chi connectivity index (χ0n) is 10.1. The Labute approximate surface area is 110 Å². The van der Waals surface area contributed by atoms with Crippen LogP contribution in [0.15, 0.2) is 12.1 Å². The van der Waals surface area contributed by atoms with E-state index in [2.05, 4.69) is 15.4 Å². The topological polar surface area (TPSA) is 105 Å². The number of hydrogen-bond acceptors (Lipinski definition) is 4. The van der Waals surface area contributed by atoms with E-state index in [9.17, 15) is 4.79 Å². The molecule has 18 heavy (non-hydrogen) atoms. The van der Waals surface area contributed by atoms with Gasteiger partial charge in [-0.15, -0.1) is 17.5 Å². The minimum atomic E-state index is -1.27. The Morgan fingerprint density at radius 3 is 2.83 bits per heavy atom. The molecule has 1 aromatic heterocycles. The Morgan fingerprint density at radius 1 is 1.56 bits per heavy atom. The highest BCUT2D eigenvalue weighted by Gasteiger charge is 2.28. The van der Waals surface area contributed by atoms with Gasteiger partial charge in [0.1, 0.15) is 11.1 Å². The molecule has 0 saturated heterocycles. The van der Waals surface area contributed by atoms with Gasteiger partial charge in [0.2, 0.25) is 0 Å². The van der Waals surface area contributed by atoms with Crippen LogP contribution in [0.4, 0.5) is 0 Å². The van der Waals surface area contributed by atoms with Crippen LogP contribution in [-0.4, -0.2) is 32.0 Å². The quantitative estimate of drug-likeness (QED) is 0.773. The van der Waals surface area contributed by atoms with Crippen molar-refractivity contribution in [3.8, 4) is 0 Å². The molecule has 98 valence electrons. The summed E-state index contributed by atoms with van der Waals surface area (Å²) in [6.07, 6.45) is 0.256. The Hall–Kier alpha value is -1.66. The molecular weight excluding hydrogens is 256 g/mol. The first-order valence-electron chi connectivity index (χ1n) is 5.23. The fourth-order valence-electron chi connectivity index (χ4n) is 1.80. The summed E-state index contributed by atoms with van der Waals surface area (Å²) in [6, 6.07) is 3.70. The van der Waals surface area contributed by atoms with E-state index < -0.39 is 11.5 Å². The number of nitrogens with zero attached hydrogens (tertiary/aromatic N) is 2. The van der Waals surface area contributed by atoms with Crippen molar-refractivity contribution >= 4 is 29.4 Å². The SMILES string of the molecule is Cc1cc(C[C@@](C)(N)C(=O)O)cc2nn[nH]c12.Cl. The number of aryl methyl sites for hydroxylation is 1. The molecule has 1 aromatic carbocycles. The number of nitrogens with two attached hydrogens (primary N) is 1. The van der Waals surface area contributed by atoms with E-state index in [1.807, 2.05) is 13.0 Å². The number of aliphatic carboxylic acids is 1. The number of carboxylic acid groups (broad SMARTS) is 1. The molecule has 7 heteroatoms. The van der Waals surface area contributed by atoms with Gasteiger partial charge in [-0.25, -0.2) is 0 Å². The number of aromatic nitrogens is 3. The maximum atomic E-state index is 11.0. The standard InChI is InChI=1S/C11H14N4O2.ClH/c1-6-3-7(5-11(2,12)10(16)17)4-8-9(6)14-15-13-8;/h3-4H,5,12H2,1-2H3,(H,16,17)(H,13,14,15);1H/t11-;/m1./s1. The van der Waals surface area contributed by atoms with Crippen LogP contribution in [0, 0.1) is 6.92 Å². The van der Waals surface area contributed by atoms with Gasteiger partial charge >= 0.3 is 5.97 Å². The number of H-pyrrole nitrogens is 1. The van der Waals surface area contributed by atoms with Crippen LogP contribution < -0.4 is 5.73 Å². The van der Waals surface area contributed by atoms with Gasteiger partial charge in [-0.2, -0.15) is 0 Å². The highest BCUT2D eigenvalue weighted by Crippen LogP contribution is 2.19. The summed E-state index contributed by atoms with van der Waals surface area (Å²) in [6.45, 7) is 3.41. The highest BCUT2D eigenvalue weighted by molar-refractivity contribution is 5.85. The van der Waals surface area contributed by atoms with Crippen LogP contribution in [0.25, 0.3) is 11.0 Å². The van der Waals surface area contributed by atoms with E-state index in [1.54, 1.807) is 6.07 Å². The number of carbonyl (C=O) groups is 1. The minimum absolute atomic E-state index is 0. The predicted molar refractivity (Wildman–Crippen MR) is 69.8 cm³/mol. The van der Waals surface area contributed by atoms with Crippen LogP contribution in [-0.2, 0) is 11.2 Å². The zero-order chi connectivity index (χ0) is 12.6. The minimum Gasteiger partial charge on any atom is -0.480 e. The van der Waals surface area contributed by atoms with Crippen molar-refractivity contribution in [3.05, 3.63) is 23.3 Å². The van der Waals surface area contributed by atoms with Crippen LogP contribution >= 0.6 is 12.4 Å². The van der Waals surface area contributed by atoms with Crippen molar-refractivity contribution in [2.45, 2.75) is 25.8 Å². The molecule has 0 amide bonds. The van der Waals surface area contributed by atoms with Crippen LogP contribution in [0.3, 0.4) is 0 Å². The second kappa shape index (κ2) is 4.91. The lowest BCUT2D eigenvalue weighted by Crippen LogP contribution is -2.46. The van der Waals surface area contributed by atoms with Crippen molar-refractivity contribution in [1.82, 2.24) is 15.4 Å². The third-order valence-corrected chi connectivity index (χ3v) is 2.75. The third-order valence-electron chi connectivity index (χ3n) is 2.75. The Bertz CT molecular complexity index is 579. The molecular formula is C11H15ClN4O2. The van der Waals surface area contributed by atoms with E-state index in [0.717, 1.165) is 22.2 Å². The first-order chi connectivity index (χ1) is 7.90. The second-order valence-corrected chi connectivity index (χ2v) is 4.52. The van der Waals surface area contributed by atoms with Gasteiger partial charge in [0.05, 0.1) is 5.52 Å². The maximum absolute atomic E-state index is 11.0. The highest BCUT2D eigenvalue weighted by atomic mass is 35.5. The van der Waals surface area contributed by atoms with E-state index in [0.29, 0.717) is 0 Å². The molecule has 4 N–H and O–H groups in total. The molecule has 2 aromatic rings. The molecule has 2 rings (SSSR count). The number of aromatic amines is 1. The summed E-state index contributed by atoms with van der Waals surface area (Å²) in [5.74, 6) is -1.02. The molecule has 0 unspecified atom stereocenters. The van der Waals surface area contributed by atoms with Gasteiger partial charge in [-0.1, -0.05) is 11.3 Å². The number of nitrogens with one attached hydrogen (secondary N) is 1. The summed E-state index contributed by atoms with van der Waals surface area (Å²) in [5.41, 5.74) is 7.85. The van der Waals surface area contributed by atoms with Crippen LogP contribution in [0.5, 0.6) is 0 Å². The number of fused-ring (bicyclic) bond motifs is 1. The molecule has 0 fully saturated rings. The lowest BCUT2D eigenvalue weighted by atomic mass is 9.93. The number of hydrogen-bond donors (Lipinski definition) is 3. The van der Waals surface area contributed by atoms with Gasteiger partial charge in [0.25, 0.3) is 0 Å². The van der Waals surface area contributed by atoms with Gasteiger partial charge in [-0.05, 0) is 31.0 Å². The number of rotatable bonds is 3. The van der Waals surface area contributed by atoms with E-state index in [1.165, 1.54) is 6.92 Å². The smallest absolute Gasteiger partial charge is 0.323 e. The number of benzene rings is 1. The van der Waals surface area contributed by atoms with Crippen molar-refractivity contribution < 1.29 is 9.90 Å². The molecule has 6 nitrogen and oxygen atoms in total. The van der Waals surface area contributed by atoms with Gasteiger partial charge in [-0.3, -0.25) is 9.89 Å². The zero-order valence-corrected chi connectivity index (χ0v) is 10.9. The summed E-state index contributed by atoms with van der Waals surface area (Å²) in [4.78, 5) is 11.0. The molecule has 0 spiro atoms. The van der Waals surface area contributed by atoms with Crippen LogP contribution in [0.1, 0.15) is 18.1 Å². The lowest BCUT2D eigenvalue weighted by Gasteiger charge is -2.19. The first kappa shape index (κ1) is 14.4. The van der Waals surface area contributed by atoms with E-state index >= 15 is 0 Å².